The SMILES string of the molecule is CCCn1c(=O)[nH]c(=O)c2c(C(=O)N3CCCC(CNC)C3)cc(C3CC3)nc21. The maximum atomic E-state index is 13.5. The third-order valence-corrected chi connectivity index (χ3v) is 5.94. The Balaban J connectivity index is 1.84. The van der Waals surface area contributed by atoms with E-state index >= 15 is 0 Å². The molecule has 8 heteroatoms. The lowest BCUT2D eigenvalue weighted by molar-refractivity contribution is 0.0676. The van der Waals surface area contributed by atoms with E-state index in [1.807, 2.05) is 18.9 Å². The van der Waals surface area contributed by atoms with Crippen LogP contribution in [0.5, 0.6) is 0 Å². The molecule has 0 bridgehead atoms. The fourth-order valence-electron chi connectivity index (χ4n) is 4.36. The molecule has 0 radical (unpaired) electrons. The quantitative estimate of drug-likeness (QED) is 0.766. The Bertz CT molecular complexity index is 1040. The van der Waals surface area contributed by atoms with Crippen molar-refractivity contribution < 1.29 is 4.79 Å². The lowest BCUT2D eigenvalue weighted by atomic mass is 9.97. The summed E-state index contributed by atoms with van der Waals surface area (Å²) in [7, 11) is 1.92. The number of amides is 1. The number of aromatic amines is 1. The van der Waals surface area contributed by atoms with Gasteiger partial charge in [-0.3, -0.25) is 19.1 Å². The van der Waals surface area contributed by atoms with Crippen molar-refractivity contribution in [1.82, 2.24) is 24.8 Å². The van der Waals surface area contributed by atoms with Gasteiger partial charge in [-0.05, 0) is 57.7 Å². The normalized spacial score (nSPS) is 19.7. The average molecular weight is 399 g/mol. The molecule has 2 N–H and O–H groups in total. The predicted octanol–water partition coefficient (Wildman–Crippen LogP) is 1.44. The Hall–Kier alpha value is -2.48. The van der Waals surface area contributed by atoms with E-state index in [-0.39, 0.29) is 11.3 Å². The van der Waals surface area contributed by atoms with Gasteiger partial charge < -0.3 is 10.2 Å². The Kier molecular flexibility index (Phi) is 5.54. The molecule has 29 heavy (non-hydrogen) atoms. The van der Waals surface area contributed by atoms with Crippen LogP contribution < -0.4 is 16.6 Å². The standard InChI is InChI=1S/C21H29N5O3/c1-3-8-26-18-17(19(27)24-21(26)29)15(10-16(23-18)14-6-7-14)20(28)25-9-4-5-13(12-25)11-22-2/h10,13-14,22H,3-9,11-12H2,1-2H3,(H,24,27,29). The Morgan fingerprint density at radius 3 is 2.79 bits per heavy atom. The summed E-state index contributed by atoms with van der Waals surface area (Å²) in [6.07, 6.45) is 4.83. The molecule has 1 atom stereocenters. The van der Waals surface area contributed by atoms with Crippen LogP contribution in [0, 0.1) is 5.92 Å². The van der Waals surface area contributed by atoms with Gasteiger partial charge in [0.25, 0.3) is 11.5 Å². The lowest BCUT2D eigenvalue weighted by Gasteiger charge is -2.33. The number of carbonyl (C=O) groups is 1. The number of nitrogens with one attached hydrogen (secondary N) is 2. The summed E-state index contributed by atoms with van der Waals surface area (Å²) in [5, 5.41) is 3.43. The Morgan fingerprint density at radius 1 is 1.31 bits per heavy atom. The molecule has 1 aliphatic carbocycles. The Labute approximate surface area is 169 Å². The number of hydrogen-bond acceptors (Lipinski definition) is 5. The van der Waals surface area contributed by atoms with Gasteiger partial charge in [0.2, 0.25) is 0 Å². The highest BCUT2D eigenvalue weighted by atomic mass is 16.2. The third kappa shape index (κ3) is 3.85. The van der Waals surface area contributed by atoms with Crippen molar-refractivity contribution in [2.45, 2.75) is 51.5 Å². The highest BCUT2D eigenvalue weighted by molar-refractivity contribution is 6.05. The van der Waals surface area contributed by atoms with Crippen molar-refractivity contribution in [3.05, 3.63) is 38.2 Å². The minimum Gasteiger partial charge on any atom is -0.338 e. The van der Waals surface area contributed by atoms with Gasteiger partial charge in [0.05, 0.1) is 10.9 Å². The number of piperidine rings is 1. The van der Waals surface area contributed by atoms with Crippen molar-refractivity contribution in [3.8, 4) is 0 Å². The minimum atomic E-state index is -0.528. The van der Waals surface area contributed by atoms with Crippen LogP contribution >= 0.6 is 0 Å². The fraction of sp³-hybridized carbons (Fsp3) is 0.619. The van der Waals surface area contributed by atoms with Crippen molar-refractivity contribution in [1.29, 1.82) is 0 Å². The molecule has 2 aromatic rings. The number of H-pyrrole nitrogens is 1. The number of aryl methyl sites for hydroxylation is 1. The Morgan fingerprint density at radius 2 is 2.10 bits per heavy atom. The molecule has 8 nitrogen and oxygen atoms in total. The molecular formula is C21H29N5O3. The largest absolute Gasteiger partial charge is 0.338 e. The number of pyridine rings is 1. The molecule has 1 saturated heterocycles. The smallest absolute Gasteiger partial charge is 0.329 e. The first kappa shape index (κ1) is 19.8. The first-order valence-corrected chi connectivity index (χ1v) is 10.6. The number of hydrogen-bond donors (Lipinski definition) is 2. The number of fused-ring (bicyclic) bond motifs is 1. The van der Waals surface area contributed by atoms with Crippen molar-refractivity contribution in [3.63, 3.8) is 0 Å². The molecule has 1 saturated carbocycles. The van der Waals surface area contributed by atoms with Crippen LogP contribution in [0.2, 0.25) is 0 Å². The zero-order chi connectivity index (χ0) is 20.5. The van der Waals surface area contributed by atoms with E-state index in [2.05, 4.69) is 15.3 Å². The van der Waals surface area contributed by atoms with Crippen LogP contribution in [0.4, 0.5) is 0 Å². The highest BCUT2D eigenvalue weighted by Crippen LogP contribution is 2.40. The first-order valence-electron chi connectivity index (χ1n) is 10.6. The van der Waals surface area contributed by atoms with Gasteiger partial charge >= 0.3 is 5.69 Å². The topological polar surface area (TPSA) is 100 Å². The summed E-state index contributed by atoms with van der Waals surface area (Å²) < 4.78 is 1.50. The summed E-state index contributed by atoms with van der Waals surface area (Å²) in [5.41, 5.74) is 0.555. The molecule has 1 aliphatic heterocycles. The van der Waals surface area contributed by atoms with Crippen LogP contribution in [-0.4, -0.2) is 52.0 Å². The fourth-order valence-corrected chi connectivity index (χ4v) is 4.36. The van der Waals surface area contributed by atoms with Crippen LogP contribution in [-0.2, 0) is 6.54 Å². The monoisotopic (exact) mass is 399 g/mol. The second-order valence-electron chi connectivity index (χ2n) is 8.30. The van der Waals surface area contributed by atoms with Gasteiger partial charge in [0.15, 0.2) is 5.65 Å². The minimum absolute atomic E-state index is 0.132. The highest BCUT2D eigenvalue weighted by Gasteiger charge is 2.31. The maximum Gasteiger partial charge on any atom is 0.329 e. The molecule has 4 rings (SSSR count). The summed E-state index contributed by atoms with van der Waals surface area (Å²) in [4.78, 5) is 47.6. The van der Waals surface area contributed by atoms with Gasteiger partial charge in [-0.25, -0.2) is 9.78 Å². The zero-order valence-electron chi connectivity index (χ0n) is 17.2. The zero-order valence-corrected chi connectivity index (χ0v) is 17.2. The molecular weight excluding hydrogens is 370 g/mol. The number of rotatable bonds is 6. The molecule has 2 aromatic heterocycles. The third-order valence-electron chi connectivity index (χ3n) is 5.94. The van der Waals surface area contributed by atoms with Gasteiger partial charge in [0.1, 0.15) is 0 Å². The van der Waals surface area contributed by atoms with Crippen LogP contribution in [0.25, 0.3) is 11.0 Å². The van der Waals surface area contributed by atoms with Crippen LogP contribution in [0.15, 0.2) is 15.7 Å². The first-order chi connectivity index (χ1) is 14.0. The van der Waals surface area contributed by atoms with Gasteiger partial charge in [0, 0.05) is 31.2 Å². The number of likely N-dealkylation sites (tertiary alicyclic amines) is 1. The van der Waals surface area contributed by atoms with E-state index in [1.54, 1.807) is 6.07 Å². The summed E-state index contributed by atoms with van der Waals surface area (Å²) in [6.45, 7) is 4.65. The average Bonchev–Trinajstić information content (AvgIpc) is 3.55. The van der Waals surface area contributed by atoms with E-state index in [0.29, 0.717) is 42.7 Å². The second-order valence-corrected chi connectivity index (χ2v) is 8.30. The summed E-state index contributed by atoms with van der Waals surface area (Å²) >= 11 is 0. The summed E-state index contributed by atoms with van der Waals surface area (Å²) in [6, 6.07) is 1.79. The number of nitrogens with zero attached hydrogens (tertiary/aromatic N) is 3. The van der Waals surface area contributed by atoms with E-state index in [1.165, 1.54) is 4.57 Å². The maximum absolute atomic E-state index is 13.5. The van der Waals surface area contributed by atoms with Crippen molar-refractivity contribution in [2.24, 2.45) is 5.92 Å². The molecule has 1 unspecified atom stereocenters. The molecule has 0 aromatic carbocycles. The molecule has 2 fully saturated rings. The van der Waals surface area contributed by atoms with E-state index in [4.69, 9.17) is 0 Å². The lowest BCUT2D eigenvalue weighted by Crippen LogP contribution is -2.43. The van der Waals surface area contributed by atoms with Gasteiger partial charge in [-0.1, -0.05) is 6.92 Å². The van der Waals surface area contributed by atoms with Gasteiger partial charge in [-0.15, -0.1) is 0 Å². The van der Waals surface area contributed by atoms with E-state index in [0.717, 1.165) is 44.3 Å². The molecule has 0 spiro atoms. The van der Waals surface area contributed by atoms with Gasteiger partial charge in [-0.2, -0.15) is 0 Å². The number of aromatic nitrogens is 3. The van der Waals surface area contributed by atoms with Crippen molar-refractivity contribution >= 4 is 16.9 Å². The predicted molar refractivity (Wildman–Crippen MR) is 111 cm³/mol. The second kappa shape index (κ2) is 8.10. The number of carbonyl (C=O) groups excluding carboxylic acids is 1. The summed E-state index contributed by atoms with van der Waals surface area (Å²) in [5.74, 6) is 0.589. The molecule has 3 heterocycles. The van der Waals surface area contributed by atoms with Crippen LogP contribution in [0.3, 0.4) is 0 Å². The molecule has 2 aliphatic rings. The van der Waals surface area contributed by atoms with Crippen LogP contribution in [0.1, 0.15) is 61.0 Å². The molecule has 1 amide bonds. The molecule has 156 valence electrons. The van der Waals surface area contributed by atoms with E-state index < -0.39 is 11.2 Å². The van der Waals surface area contributed by atoms with E-state index in [9.17, 15) is 14.4 Å². The van der Waals surface area contributed by atoms with Crippen molar-refractivity contribution in [2.75, 3.05) is 26.7 Å².